The molecule has 1 aliphatic rings. The van der Waals surface area contributed by atoms with E-state index in [1.165, 1.54) is 10.6 Å². The van der Waals surface area contributed by atoms with Crippen LogP contribution in [0.25, 0.3) is 11.4 Å². The first-order valence-corrected chi connectivity index (χ1v) is 10.9. The highest BCUT2D eigenvalue weighted by atomic mass is 32.2. The number of aromatic nitrogens is 2. The van der Waals surface area contributed by atoms with Crippen molar-refractivity contribution >= 4 is 10.0 Å². The molecule has 0 radical (unpaired) electrons. The molecule has 0 atom stereocenters. The van der Waals surface area contributed by atoms with Gasteiger partial charge in [-0.3, -0.25) is 4.90 Å². The van der Waals surface area contributed by atoms with Crippen molar-refractivity contribution in [1.82, 2.24) is 19.3 Å². The first-order chi connectivity index (χ1) is 12.9. The minimum atomic E-state index is -3.15. The van der Waals surface area contributed by atoms with Crippen molar-refractivity contribution in [1.29, 1.82) is 0 Å². The average Bonchev–Trinajstić information content (AvgIpc) is 3.10. The Morgan fingerprint density at radius 2 is 1.93 bits per heavy atom. The van der Waals surface area contributed by atoms with Crippen LogP contribution in [0.1, 0.15) is 25.7 Å². The second-order valence-corrected chi connectivity index (χ2v) is 8.80. The van der Waals surface area contributed by atoms with Crippen LogP contribution in [-0.4, -0.2) is 66.8 Å². The molecule has 0 bridgehead atoms. The molecule has 1 aromatic heterocycles. The first kappa shape index (κ1) is 19.8. The van der Waals surface area contributed by atoms with Gasteiger partial charge in [0, 0.05) is 31.7 Å². The smallest absolute Gasteiger partial charge is 0.241 e. The molecule has 3 rings (SSSR count). The molecule has 0 N–H and O–H groups in total. The highest BCUT2D eigenvalue weighted by Gasteiger charge is 2.27. The molecule has 2 heterocycles. The maximum atomic E-state index is 11.7. The van der Waals surface area contributed by atoms with E-state index in [-0.39, 0.29) is 6.04 Å². The van der Waals surface area contributed by atoms with E-state index in [1.54, 1.807) is 7.05 Å². The largest absolute Gasteiger partial charge is 0.494 e. The summed E-state index contributed by atoms with van der Waals surface area (Å²) in [4.78, 5) is 6.69. The standard InChI is InChI=1S/C18H26N4O4S/c1-4-25-16-7-5-14(6-8-16)18-19-17(26-20-18)13-22-11-9-15(10-12-22)21(2)27(3,23)24/h5-8,15H,4,9-13H2,1-3H3. The van der Waals surface area contributed by atoms with Crippen molar-refractivity contribution in [3.8, 4) is 17.1 Å². The van der Waals surface area contributed by atoms with Crippen LogP contribution >= 0.6 is 0 Å². The number of ether oxygens (including phenoxy) is 1. The Balaban J connectivity index is 1.56. The minimum Gasteiger partial charge on any atom is -0.494 e. The van der Waals surface area contributed by atoms with Gasteiger partial charge < -0.3 is 9.26 Å². The van der Waals surface area contributed by atoms with Crippen molar-refractivity contribution in [3.05, 3.63) is 30.2 Å². The van der Waals surface area contributed by atoms with Crippen LogP contribution < -0.4 is 4.74 Å². The van der Waals surface area contributed by atoms with Crippen molar-refractivity contribution in [2.24, 2.45) is 0 Å². The maximum Gasteiger partial charge on any atom is 0.241 e. The molecule has 0 amide bonds. The molecule has 1 fully saturated rings. The summed E-state index contributed by atoms with van der Waals surface area (Å²) in [6.07, 6.45) is 2.84. The molecule has 0 unspecified atom stereocenters. The van der Waals surface area contributed by atoms with Gasteiger partial charge in [0.2, 0.25) is 21.7 Å². The van der Waals surface area contributed by atoms with Gasteiger partial charge in [0.1, 0.15) is 5.75 Å². The highest BCUT2D eigenvalue weighted by molar-refractivity contribution is 7.88. The zero-order chi connectivity index (χ0) is 19.4. The number of piperidine rings is 1. The fourth-order valence-corrected chi connectivity index (χ4v) is 3.96. The molecule has 1 aromatic carbocycles. The number of hydrogen-bond acceptors (Lipinski definition) is 7. The average molecular weight is 394 g/mol. The van der Waals surface area contributed by atoms with Crippen molar-refractivity contribution in [3.63, 3.8) is 0 Å². The number of sulfonamides is 1. The highest BCUT2D eigenvalue weighted by Crippen LogP contribution is 2.22. The Morgan fingerprint density at radius 3 is 2.52 bits per heavy atom. The normalized spacial score (nSPS) is 16.7. The molecule has 2 aromatic rings. The topological polar surface area (TPSA) is 88.8 Å². The summed E-state index contributed by atoms with van der Waals surface area (Å²) in [7, 11) is -1.50. The number of likely N-dealkylation sites (tertiary alicyclic amines) is 1. The Morgan fingerprint density at radius 1 is 1.26 bits per heavy atom. The number of nitrogens with zero attached hydrogens (tertiary/aromatic N) is 4. The third-order valence-electron chi connectivity index (χ3n) is 4.84. The lowest BCUT2D eigenvalue weighted by Crippen LogP contribution is -2.44. The van der Waals surface area contributed by atoms with Gasteiger partial charge >= 0.3 is 0 Å². The second kappa shape index (κ2) is 8.37. The Hall–Kier alpha value is -1.97. The van der Waals surface area contributed by atoms with Crippen molar-refractivity contribution in [2.75, 3.05) is 33.0 Å². The van der Waals surface area contributed by atoms with Gasteiger partial charge in [-0.1, -0.05) is 5.16 Å². The Labute approximate surface area is 160 Å². The fourth-order valence-electron chi connectivity index (χ4n) is 3.21. The molecule has 1 aliphatic heterocycles. The van der Waals surface area contributed by atoms with Crippen LogP contribution in [0.5, 0.6) is 5.75 Å². The van der Waals surface area contributed by atoms with E-state index in [1.807, 2.05) is 31.2 Å². The zero-order valence-corrected chi connectivity index (χ0v) is 16.8. The second-order valence-electron chi connectivity index (χ2n) is 6.76. The van der Waals surface area contributed by atoms with Gasteiger partial charge in [0.15, 0.2) is 0 Å². The van der Waals surface area contributed by atoms with Gasteiger partial charge in [-0.05, 0) is 44.0 Å². The number of rotatable bonds is 7. The lowest BCUT2D eigenvalue weighted by Gasteiger charge is -2.34. The molecule has 9 heteroatoms. The van der Waals surface area contributed by atoms with Gasteiger partial charge in [-0.2, -0.15) is 4.98 Å². The Bertz CT molecular complexity index is 843. The van der Waals surface area contributed by atoms with Crippen LogP contribution in [0, 0.1) is 0 Å². The van der Waals surface area contributed by atoms with E-state index in [4.69, 9.17) is 9.26 Å². The van der Waals surface area contributed by atoms with Crippen LogP contribution in [0.3, 0.4) is 0 Å². The molecule has 0 spiro atoms. The summed E-state index contributed by atoms with van der Waals surface area (Å²) in [5, 5.41) is 4.06. The van der Waals surface area contributed by atoms with Crippen LogP contribution in [0.4, 0.5) is 0 Å². The monoisotopic (exact) mass is 394 g/mol. The SMILES string of the molecule is CCOc1ccc(-c2noc(CN3CCC(N(C)S(C)(=O)=O)CC3)n2)cc1. The van der Waals surface area contributed by atoms with Crippen LogP contribution in [-0.2, 0) is 16.6 Å². The predicted octanol–water partition coefficient (Wildman–Crippen LogP) is 1.99. The molecule has 0 saturated carbocycles. The quantitative estimate of drug-likeness (QED) is 0.709. The zero-order valence-electron chi connectivity index (χ0n) is 16.0. The lowest BCUT2D eigenvalue weighted by molar-refractivity contribution is 0.149. The van der Waals surface area contributed by atoms with E-state index < -0.39 is 10.0 Å². The molecule has 8 nitrogen and oxygen atoms in total. The number of benzene rings is 1. The predicted molar refractivity (Wildman–Crippen MR) is 102 cm³/mol. The minimum absolute atomic E-state index is 0.0540. The van der Waals surface area contributed by atoms with E-state index in [0.29, 0.717) is 24.9 Å². The maximum absolute atomic E-state index is 11.7. The molecule has 1 saturated heterocycles. The summed E-state index contributed by atoms with van der Waals surface area (Å²) in [6.45, 7) is 4.74. The van der Waals surface area contributed by atoms with Gasteiger partial charge in [0.05, 0.1) is 19.4 Å². The van der Waals surface area contributed by atoms with Gasteiger partial charge in [-0.15, -0.1) is 0 Å². The third-order valence-corrected chi connectivity index (χ3v) is 6.19. The molecule has 148 valence electrons. The van der Waals surface area contributed by atoms with E-state index in [0.717, 1.165) is 37.2 Å². The third kappa shape index (κ3) is 5.06. The first-order valence-electron chi connectivity index (χ1n) is 9.08. The molecular weight excluding hydrogens is 368 g/mol. The van der Waals surface area contributed by atoms with Crippen molar-refractivity contribution < 1.29 is 17.7 Å². The van der Waals surface area contributed by atoms with Gasteiger partial charge in [0.25, 0.3) is 0 Å². The Kier molecular flexibility index (Phi) is 6.13. The summed E-state index contributed by atoms with van der Waals surface area (Å²) in [6, 6.07) is 7.65. The fraction of sp³-hybridized carbons (Fsp3) is 0.556. The van der Waals surface area contributed by atoms with Crippen molar-refractivity contribution in [2.45, 2.75) is 32.4 Å². The van der Waals surface area contributed by atoms with Gasteiger partial charge in [-0.25, -0.2) is 12.7 Å². The lowest BCUT2D eigenvalue weighted by atomic mass is 10.1. The van der Waals surface area contributed by atoms with E-state index >= 15 is 0 Å². The van der Waals surface area contributed by atoms with E-state index in [2.05, 4.69) is 15.0 Å². The molecule has 0 aliphatic carbocycles. The molecular formula is C18H26N4O4S. The summed E-state index contributed by atoms with van der Waals surface area (Å²) in [5.41, 5.74) is 0.877. The van der Waals surface area contributed by atoms with Crippen LogP contribution in [0.15, 0.2) is 28.8 Å². The molecule has 27 heavy (non-hydrogen) atoms. The summed E-state index contributed by atoms with van der Waals surface area (Å²) in [5.74, 6) is 1.93. The summed E-state index contributed by atoms with van der Waals surface area (Å²) < 4.78 is 35.6. The van der Waals surface area contributed by atoms with E-state index in [9.17, 15) is 8.42 Å². The number of hydrogen-bond donors (Lipinski definition) is 0. The van der Waals surface area contributed by atoms with Crippen LogP contribution in [0.2, 0.25) is 0 Å². The summed E-state index contributed by atoms with van der Waals surface area (Å²) >= 11 is 0.